The Hall–Kier alpha value is -3.01. The highest BCUT2D eigenvalue weighted by Crippen LogP contribution is 2.29. The van der Waals surface area contributed by atoms with E-state index in [1.165, 1.54) is 6.92 Å². The minimum Gasteiger partial charge on any atom is -0.448 e. The van der Waals surface area contributed by atoms with Gasteiger partial charge in [-0.15, -0.1) is 11.3 Å². The number of thiophene rings is 1. The smallest absolute Gasteiger partial charge is 0.349 e. The van der Waals surface area contributed by atoms with Crippen LogP contribution in [0, 0.1) is 6.92 Å². The summed E-state index contributed by atoms with van der Waals surface area (Å²) in [7, 11) is 0. The van der Waals surface area contributed by atoms with E-state index in [0.717, 1.165) is 42.8 Å². The van der Waals surface area contributed by atoms with E-state index in [4.69, 9.17) is 4.74 Å². The molecule has 3 aromatic rings. The quantitative estimate of drug-likeness (QED) is 0.588. The highest BCUT2D eigenvalue weighted by molar-refractivity contribution is 7.20. The maximum absolute atomic E-state index is 13.1. The topological polar surface area (TPSA) is 108 Å². The van der Waals surface area contributed by atoms with Crippen LogP contribution >= 0.6 is 11.3 Å². The number of amides is 1. The Morgan fingerprint density at radius 2 is 2.00 bits per heavy atom. The maximum atomic E-state index is 13.1. The lowest BCUT2D eigenvalue weighted by Gasteiger charge is -2.15. The molecule has 10 heteroatoms. The minimum atomic E-state index is -1.02. The van der Waals surface area contributed by atoms with Gasteiger partial charge < -0.3 is 10.1 Å². The van der Waals surface area contributed by atoms with Crippen molar-refractivity contribution in [2.75, 3.05) is 5.32 Å². The Bertz CT molecular complexity index is 1240. The average Bonchev–Trinajstić information content (AvgIpc) is 3.25. The van der Waals surface area contributed by atoms with Crippen molar-refractivity contribution >= 4 is 39.2 Å². The summed E-state index contributed by atoms with van der Waals surface area (Å²) in [5.41, 5.74) is 0.449. The van der Waals surface area contributed by atoms with Gasteiger partial charge in [0.1, 0.15) is 21.3 Å². The number of nitrogens with one attached hydrogen (secondary N) is 1. The van der Waals surface area contributed by atoms with Gasteiger partial charge in [-0.25, -0.2) is 14.5 Å². The molecule has 1 N–H and O–H groups in total. The number of nitrogens with zero attached hydrogens (tertiary/aromatic N) is 4. The van der Waals surface area contributed by atoms with Gasteiger partial charge in [-0.1, -0.05) is 6.42 Å². The zero-order chi connectivity index (χ0) is 23.0. The van der Waals surface area contributed by atoms with Gasteiger partial charge in [-0.05, 0) is 46.1 Å². The molecule has 32 heavy (non-hydrogen) atoms. The molecule has 170 valence electrons. The van der Waals surface area contributed by atoms with Crippen LogP contribution in [0.1, 0.15) is 67.1 Å². The molecule has 0 fully saturated rings. The van der Waals surface area contributed by atoms with Crippen LogP contribution in [-0.2, 0) is 22.5 Å². The molecule has 0 aromatic carbocycles. The van der Waals surface area contributed by atoms with Crippen molar-refractivity contribution in [2.24, 2.45) is 0 Å². The van der Waals surface area contributed by atoms with Crippen LogP contribution in [0.4, 0.5) is 5.82 Å². The van der Waals surface area contributed by atoms with Crippen LogP contribution < -0.4 is 10.9 Å². The predicted octanol–water partition coefficient (Wildman–Crippen LogP) is 3.45. The number of aromatic nitrogens is 4. The van der Waals surface area contributed by atoms with Crippen molar-refractivity contribution < 1.29 is 14.3 Å². The second-order valence-corrected chi connectivity index (χ2v) is 9.32. The Balaban J connectivity index is 1.55. The minimum absolute atomic E-state index is 0.0705. The number of rotatable bonds is 5. The number of hydrogen-bond donors (Lipinski definition) is 1. The van der Waals surface area contributed by atoms with Gasteiger partial charge in [0.05, 0.1) is 11.6 Å². The van der Waals surface area contributed by atoms with Crippen molar-refractivity contribution in [3.05, 3.63) is 38.9 Å². The van der Waals surface area contributed by atoms with Gasteiger partial charge in [0.15, 0.2) is 6.10 Å². The number of anilines is 1. The van der Waals surface area contributed by atoms with Crippen LogP contribution in [0.3, 0.4) is 0 Å². The van der Waals surface area contributed by atoms with Gasteiger partial charge in [0.25, 0.3) is 11.5 Å². The Labute approximate surface area is 189 Å². The normalized spacial score (nSPS) is 14.8. The SMILES string of the molecule is Cc1c(C(=O)OC(C)C(=O)Nc2ccnn2C(C)C)sc2nc3n(c(=O)c12)CCCCC3. The summed E-state index contributed by atoms with van der Waals surface area (Å²) >= 11 is 1.15. The summed E-state index contributed by atoms with van der Waals surface area (Å²) in [6.07, 6.45) is 4.35. The zero-order valence-corrected chi connectivity index (χ0v) is 19.5. The standard InChI is InChI=1S/C22H27N5O4S/c1-12(2)27-16(9-10-23-27)24-19(28)14(4)31-22(30)18-13(3)17-20(32-18)25-15-8-6-5-7-11-26(15)21(17)29/h9-10,12,14H,5-8,11H2,1-4H3,(H,24,28). The molecule has 1 aliphatic rings. The average molecular weight is 458 g/mol. The van der Waals surface area contributed by atoms with Crippen LogP contribution in [0.2, 0.25) is 0 Å². The van der Waals surface area contributed by atoms with Crippen LogP contribution in [-0.4, -0.2) is 37.3 Å². The van der Waals surface area contributed by atoms with E-state index in [2.05, 4.69) is 15.4 Å². The summed E-state index contributed by atoms with van der Waals surface area (Å²) in [4.78, 5) is 44.1. The molecule has 1 atom stereocenters. The van der Waals surface area contributed by atoms with Gasteiger partial charge in [-0.2, -0.15) is 5.10 Å². The number of aryl methyl sites for hydroxylation is 2. The first-order chi connectivity index (χ1) is 15.3. The number of carbonyl (C=O) groups excluding carboxylic acids is 2. The van der Waals surface area contributed by atoms with E-state index in [1.54, 1.807) is 28.4 Å². The molecule has 4 rings (SSSR count). The Morgan fingerprint density at radius 3 is 2.75 bits per heavy atom. The van der Waals surface area contributed by atoms with Crippen LogP contribution in [0.15, 0.2) is 17.1 Å². The Kier molecular flexibility index (Phi) is 6.14. The first kappa shape index (κ1) is 22.2. The molecule has 4 heterocycles. The summed E-state index contributed by atoms with van der Waals surface area (Å²) in [6, 6.07) is 1.76. The molecule has 1 unspecified atom stereocenters. The number of fused-ring (bicyclic) bond motifs is 2. The number of ether oxygens (including phenoxy) is 1. The molecular formula is C22H27N5O4S. The number of esters is 1. The van der Waals surface area contributed by atoms with Crippen molar-refractivity contribution in [1.82, 2.24) is 19.3 Å². The third-order valence-electron chi connectivity index (χ3n) is 5.66. The van der Waals surface area contributed by atoms with E-state index in [9.17, 15) is 14.4 Å². The van der Waals surface area contributed by atoms with Crippen molar-refractivity contribution in [3.8, 4) is 0 Å². The van der Waals surface area contributed by atoms with E-state index in [1.807, 2.05) is 13.8 Å². The fraction of sp³-hybridized carbons (Fsp3) is 0.500. The molecule has 1 amide bonds. The van der Waals surface area contributed by atoms with Gasteiger partial charge in [0.2, 0.25) is 0 Å². The molecule has 0 bridgehead atoms. The largest absolute Gasteiger partial charge is 0.448 e. The maximum Gasteiger partial charge on any atom is 0.349 e. The lowest BCUT2D eigenvalue weighted by atomic mass is 10.2. The third kappa shape index (κ3) is 4.06. The second kappa shape index (κ2) is 8.85. The second-order valence-electron chi connectivity index (χ2n) is 8.32. The molecule has 0 aliphatic carbocycles. The fourth-order valence-electron chi connectivity index (χ4n) is 3.92. The van der Waals surface area contributed by atoms with Gasteiger partial charge in [0, 0.05) is 25.1 Å². The molecule has 9 nitrogen and oxygen atoms in total. The number of hydrogen-bond acceptors (Lipinski definition) is 7. The molecular weight excluding hydrogens is 430 g/mol. The highest BCUT2D eigenvalue weighted by atomic mass is 32.1. The lowest BCUT2D eigenvalue weighted by molar-refractivity contribution is -0.123. The van der Waals surface area contributed by atoms with Crippen molar-refractivity contribution in [1.29, 1.82) is 0 Å². The van der Waals surface area contributed by atoms with E-state index in [0.29, 0.717) is 33.0 Å². The first-order valence-electron chi connectivity index (χ1n) is 10.9. The lowest BCUT2D eigenvalue weighted by Crippen LogP contribution is -2.31. The van der Waals surface area contributed by atoms with Crippen molar-refractivity contribution in [2.45, 2.75) is 72.1 Å². The zero-order valence-electron chi connectivity index (χ0n) is 18.7. The molecule has 0 saturated heterocycles. The van der Waals surface area contributed by atoms with E-state index >= 15 is 0 Å². The van der Waals surface area contributed by atoms with E-state index in [-0.39, 0.29) is 11.6 Å². The molecule has 3 aromatic heterocycles. The summed E-state index contributed by atoms with van der Waals surface area (Å²) in [5.74, 6) is 0.217. The predicted molar refractivity (Wildman–Crippen MR) is 122 cm³/mol. The Morgan fingerprint density at radius 1 is 1.22 bits per heavy atom. The molecule has 1 aliphatic heterocycles. The van der Waals surface area contributed by atoms with Crippen LogP contribution in [0.5, 0.6) is 0 Å². The molecule has 0 spiro atoms. The summed E-state index contributed by atoms with van der Waals surface area (Å²) < 4.78 is 8.84. The summed E-state index contributed by atoms with van der Waals surface area (Å²) in [5, 5.41) is 7.38. The monoisotopic (exact) mass is 457 g/mol. The molecule has 0 saturated carbocycles. The fourth-order valence-corrected chi connectivity index (χ4v) is 5.00. The highest BCUT2D eigenvalue weighted by Gasteiger charge is 2.26. The summed E-state index contributed by atoms with van der Waals surface area (Å²) in [6.45, 7) is 7.80. The van der Waals surface area contributed by atoms with Gasteiger partial charge in [-0.3, -0.25) is 14.2 Å². The van der Waals surface area contributed by atoms with Gasteiger partial charge >= 0.3 is 5.97 Å². The third-order valence-corrected chi connectivity index (χ3v) is 6.83. The van der Waals surface area contributed by atoms with E-state index < -0.39 is 18.0 Å². The van der Waals surface area contributed by atoms with Crippen molar-refractivity contribution in [3.63, 3.8) is 0 Å². The van der Waals surface area contributed by atoms with Crippen LogP contribution in [0.25, 0.3) is 10.2 Å². The number of carbonyl (C=O) groups is 2. The molecule has 0 radical (unpaired) electrons. The first-order valence-corrected chi connectivity index (χ1v) is 11.7.